The maximum absolute atomic E-state index is 13.0. The zero-order chi connectivity index (χ0) is 20.1. The van der Waals surface area contributed by atoms with Crippen LogP contribution in [0.15, 0.2) is 34.9 Å². The summed E-state index contributed by atoms with van der Waals surface area (Å²) in [4.78, 5) is 21.9. The van der Waals surface area contributed by atoms with E-state index in [4.69, 9.17) is 9.15 Å². The molecule has 2 aromatic rings. The summed E-state index contributed by atoms with van der Waals surface area (Å²) in [5, 5.41) is 0. The Bertz CT molecular complexity index is 813. The second kappa shape index (κ2) is 9.44. The van der Waals surface area contributed by atoms with Gasteiger partial charge < -0.3 is 14.1 Å². The molecule has 0 N–H and O–H groups in total. The normalized spacial score (nSPS) is 20.6. The van der Waals surface area contributed by atoms with Crippen LogP contribution in [-0.2, 0) is 11.2 Å². The molecule has 2 fully saturated rings. The van der Waals surface area contributed by atoms with Crippen LogP contribution in [0, 0.1) is 0 Å². The number of carbonyl (C=O) groups excluding carboxylic acids is 1. The van der Waals surface area contributed by atoms with Crippen LogP contribution in [0.3, 0.4) is 0 Å². The maximum Gasteiger partial charge on any atom is 0.237 e. The van der Waals surface area contributed by atoms with Crippen molar-refractivity contribution in [3.8, 4) is 5.75 Å². The Hall–Kier alpha value is -2.34. The number of piperidine rings is 2. The van der Waals surface area contributed by atoms with Gasteiger partial charge in [0.25, 0.3) is 0 Å². The van der Waals surface area contributed by atoms with Crippen LogP contribution in [0.4, 0.5) is 0 Å². The van der Waals surface area contributed by atoms with E-state index < -0.39 is 0 Å². The van der Waals surface area contributed by atoms with Crippen molar-refractivity contribution in [1.82, 2.24) is 14.8 Å². The van der Waals surface area contributed by atoms with Crippen molar-refractivity contribution in [3.63, 3.8) is 0 Å². The lowest BCUT2D eigenvalue weighted by atomic mass is 10.0. The molecular weight excluding hydrogens is 366 g/mol. The highest BCUT2D eigenvalue weighted by molar-refractivity contribution is 5.78. The number of likely N-dealkylation sites (tertiary alicyclic amines) is 2. The molecule has 0 saturated carbocycles. The Kier molecular flexibility index (Phi) is 6.49. The monoisotopic (exact) mass is 397 g/mol. The second-order valence-electron chi connectivity index (χ2n) is 8.13. The molecule has 0 spiro atoms. The summed E-state index contributed by atoms with van der Waals surface area (Å²) < 4.78 is 11.4. The molecule has 156 valence electrons. The number of methoxy groups -OCH3 is 1. The number of nitrogens with zero attached hydrogens (tertiary/aromatic N) is 3. The zero-order valence-electron chi connectivity index (χ0n) is 17.3. The average molecular weight is 398 g/mol. The lowest BCUT2D eigenvalue weighted by Crippen LogP contribution is -2.45. The van der Waals surface area contributed by atoms with Crippen molar-refractivity contribution in [2.45, 2.75) is 51.0 Å². The number of hydrogen-bond donors (Lipinski definition) is 0. The van der Waals surface area contributed by atoms with Crippen LogP contribution in [0.5, 0.6) is 5.75 Å². The van der Waals surface area contributed by atoms with Gasteiger partial charge in [-0.05, 0) is 62.9 Å². The first-order chi connectivity index (χ1) is 14.2. The van der Waals surface area contributed by atoms with Gasteiger partial charge in [-0.25, -0.2) is 4.98 Å². The van der Waals surface area contributed by atoms with E-state index >= 15 is 0 Å². The van der Waals surface area contributed by atoms with Crippen molar-refractivity contribution in [1.29, 1.82) is 0 Å². The average Bonchev–Trinajstić information content (AvgIpc) is 3.23. The van der Waals surface area contributed by atoms with Crippen LogP contribution in [0.2, 0.25) is 0 Å². The van der Waals surface area contributed by atoms with E-state index in [2.05, 4.69) is 16.0 Å². The van der Waals surface area contributed by atoms with Gasteiger partial charge in [0, 0.05) is 13.0 Å². The highest BCUT2D eigenvalue weighted by Gasteiger charge is 2.32. The van der Waals surface area contributed by atoms with Crippen LogP contribution in [0.25, 0.3) is 0 Å². The van der Waals surface area contributed by atoms with Gasteiger partial charge in [0.05, 0.1) is 19.9 Å². The molecule has 1 aromatic carbocycles. The number of carbonyl (C=O) groups is 1. The number of aromatic nitrogens is 1. The Morgan fingerprint density at radius 1 is 1.17 bits per heavy atom. The fourth-order valence-electron chi connectivity index (χ4n) is 4.43. The molecule has 0 radical (unpaired) electrons. The third-order valence-corrected chi connectivity index (χ3v) is 6.00. The Labute approximate surface area is 172 Å². The van der Waals surface area contributed by atoms with Crippen molar-refractivity contribution in [3.05, 3.63) is 47.7 Å². The Morgan fingerprint density at radius 2 is 2.00 bits per heavy atom. The molecule has 29 heavy (non-hydrogen) atoms. The van der Waals surface area contributed by atoms with Crippen molar-refractivity contribution in [2.75, 3.05) is 33.3 Å². The molecule has 0 bridgehead atoms. The first kappa shape index (κ1) is 20.0. The van der Waals surface area contributed by atoms with Crippen molar-refractivity contribution < 1.29 is 13.9 Å². The fourth-order valence-corrected chi connectivity index (χ4v) is 4.43. The molecule has 6 heteroatoms. The molecule has 2 saturated heterocycles. The summed E-state index contributed by atoms with van der Waals surface area (Å²) >= 11 is 0. The summed E-state index contributed by atoms with van der Waals surface area (Å²) in [6.45, 7) is 3.39. The third-order valence-electron chi connectivity index (χ3n) is 6.00. The minimum Gasteiger partial charge on any atom is -0.497 e. The smallest absolute Gasteiger partial charge is 0.237 e. The lowest BCUT2D eigenvalue weighted by molar-refractivity contribution is -0.137. The van der Waals surface area contributed by atoms with E-state index in [0.29, 0.717) is 18.9 Å². The SMILES string of the molecule is COc1cccc(Cc2cnc([C@H]3CCCCN3C(=O)CN3CCCCC3)o2)c1. The van der Waals surface area contributed by atoms with Gasteiger partial charge in [-0.15, -0.1) is 0 Å². The zero-order valence-corrected chi connectivity index (χ0v) is 17.3. The molecule has 0 aliphatic carbocycles. The summed E-state index contributed by atoms with van der Waals surface area (Å²) in [6, 6.07) is 7.94. The van der Waals surface area contributed by atoms with Gasteiger partial charge in [0.2, 0.25) is 11.8 Å². The Morgan fingerprint density at radius 3 is 2.83 bits per heavy atom. The molecule has 3 heterocycles. The van der Waals surface area contributed by atoms with E-state index in [9.17, 15) is 4.79 Å². The topological polar surface area (TPSA) is 58.8 Å². The van der Waals surface area contributed by atoms with E-state index in [1.54, 1.807) is 13.3 Å². The fraction of sp³-hybridized carbons (Fsp3) is 0.565. The van der Waals surface area contributed by atoms with Gasteiger partial charge in [-0.3, -0.25) is 9.69 Å². The molecule has 1 amide bonds. The van der Waals surface area contributed by atoms with E-state index in [-0.39, 0.29) is 11.9 Å². The van der Waals surface area contributed by atoms with Gasteiger partial charge in [-0.2, -0.15) is 0 Å². The number of ether oxygens (including phenoxy) is 1. The minimum atomic E-state index is -0.0416. The van der Waals surface area contributed by atoms with E-state index in [1.807, 2.05) is 23.1 Å². The van der Waals surface area contributed by atoms with Crippen LogP contribution in [-0.4, -0.2) is 54.0 Å². The van der Waals surface area contributed by atoms with Crippen LogP contribution < -0.4 is 4.74 Å². The number of benzene rings is 1. The molecule has 4 rings (SSSR count). The lowest BCUT2D eigenvalue weighted by Gasteiger charge is -2.36. The predicted octanol–water partition coefficient (Wildman–Crippen LogP) is 3.81. The molecule has 2 aliphatic rings. The van der Waals surface area contributed by atoms with Crippen LogP contribution >= 0.6 is 0 Å². The first-order valence-corrected chi connectivity index (χ1v) is 10.8. The molecule has 6 nitrogen and oxygen atoms in total. The molecule has 2 aliphatic heterocycles. The van der Waals surface area contributed by atoms with Crippen LogP contribution in [0.1, 0.15) is 61.8 Å². The van der Waals surface area contributed by atoms with Gasteiger partial charge >= 0.3 is 0 Å². The second-order valence-corrected chi connectivity index (χ2v) is 8.13. The first-order valence-electron chi connectivity index (χ1n) is 10.8. The number of hydrogen-bond acceptors (Lipinski definition) is 5. The van der Waals surface area contributed by atoms with Crippen molar-refractivity contribution >= 4 is 5.91 Å². The van der Waals surface area contributed by atoms with Gasteiger partial charge in [0.1, 0.15) is 17.6 Å². The van der Waals surface area contributed by atoms with Gasteiger partial charge in [-0.1, -0.05) is 18.6 Å². The highest BCUT2D eigenvalue weighted by Crippen LogP contribution is 2.31. The number of amides is 1. The quantitative estimate of drug-likeness (QED) is 0.742. The summed E-state index contributed by atoms with van der Waals surface area (Å²) in [6.07, 6.45) is 9.23. The standard InChI is InChI=1S/C23H31N3O3/c1-28-19-9-7-8-18(14-19)15-20-16-24-23(29-20)21-10-3-6-13-26(21)22(27)17-25-11-4-2-5-12-25/h7-9,14,16,21H,2-6,10-13,15,17H2,1H3/t21-/m1/s1. The highest BCUT2D eigenvalue weighted by atomic mass is 16.5. The molecule has 1 atom stereocenters. The summed E-state index contributed by atoms with van der Waals surface area (Å²) in [5.74, 6) is 2.55. The number of rotatable bonds is 6. The Balaban J connectivity index is 1.43. The number of oxazole rings is 1. The van der Waals surface area contributed by atoms with Gasteiger partial charge in [0.15, 0.2) is 0 Å². The molecule has 1 aromatic heterocycles. The van der Waals surface area contributed by atoms with E-state index in [0.717, 1.165) is 56.0 Å². The minimum absolute atomic E-state index is 0.0416. The maximum atomic E-state index is 13.0. The summed E-state index contributed by atoms with van der Waals surface area (Å²) in [5.41, 5.74) is 1.12. The van der Waals surface area contributed by atoms with Crippen molar-refractivity contribution in [2.24, 2.45) is 0 Å². The summed E-state index contributed by atoms with van der Waals surface area (Å²) in [7, 11) is 1.67. The molecule has 0 unspecified atom stereocenters. The third kappa shape index (κ3) is 4.99. The van der Waals surface area contributed by atoms with E-state index in [1.165, 1.54) is 19.3 Å². The largest absolute Gasteiger partial charge is 0.497 e. The molecular formula is C23H31N3O3. The predicted molar refractivity (Wildman–Crippen MR) is 111 cm³/mol.